The predicted octanol–water partition coefficient (Wildman–Crippen LogP) is 4.02. The molecule has 4 heterocycles. The minimum Gasteiger partial charge on any atom is -0.433 e. The van der Waals surface area contributed by atoms with Crippen molar-refractivity contribution < 1.29 is 27.4 Å². The lowest BCUT2D eigenvalue weighted by Gasteiger charge is -2.27. The third-order valence-corrected chi connectivity index (χ3v) is 6.89. The first-order chi connectivity index (χ1) is 19.8. The number of amides is 1. The molecule has 214 valence electrons. The molecule has 1 fully saturated rings. The Morgan fingerprint density at radius 2 is 1.80 bits per heavy atom. The van der Waals surface area contributed by atoms with Crippen molar-refractivity contribution >= 4 is 16.9 Å². The summed E-state index contributed by atoms with van der Waals surface area (Å²) in [5, 5.41) is 3.35. The molecule has 9 nitrogen and oxygen atoms in total. The van der Waals surface area contributed by atoms with Gasteiger partial charge >= 0.3 is 6.61 Å². The standard InChI is InChI=1S/C29H28F3N5O4/c1-18(19-2-4-22(30)5-3-19)35-27(38)24-15-20-14-21(25-7-6-23(17-33-25)41-29(31)32)16-34-26(20)37(28(24)39)9-8-36-10-12-40-13-11-36/h2-7,14-18,29H,8-13H2,1H3,(H,35,38)/t18-/m0/s1. The van der Waals surface area contributed by atoms with E-state index < -0.39 is 24.1 Å². The summed E-state index contributed by atoms with van der Waals surface area (Å²) >= 11 is 0. The van der Waals surface area contributed by atoms with Crippen LogP contribution in [0.5, 0.6) is 5.75 Å². The molecule has 1 atom stereocenters. The number of benzene rings is 1. The summed E-state index contributed by atoms with van der Waals surface area (Å²) in [6.45, 7) is 2.32. The lowest BCUT2D eigenvalue weighted by atomic mass is 10.1. The second-order valence-corrected chi connectivity index (χ2v) is 9.61. The summed E-state index contributed by atoms with van der Waals surface area (Å²) in [7, 11) is 0. The van der Waals surface area contributed by atoms with Crippen LogP contribution in [0.4, 0.5) is 13.2 Å². The molecule has 1 amide bonds. The summed E-state index contributed by atoms with van der Waals surface area (Å²) in [5.74, 6) is -1.05. The van der Waals surface area contributed by atoms with Crippen LogP contribution < -0.4 is 15.6 Å². The summed E-state index contributed by atoms with van der Waals surface area (Å²) in [6.07, 6.45) is 2.73. The van der Waals surface area contributed by atoms with E-state index in [4.69, 9.17) is 4.74 Å². The van der Waals surface area contributed by atoms with Crippen LogP contribution in [0.1, 0.15) is 28.9 Å². The topological polar surface area (TPSA) is 98.6 Å². The lowest BCUT2D eigenvalue weighted by Crippen LogP contribution is -2.40. The van der Waals surface area contributed by atoms with Gasteiger partial charge in [-0.3, -0.25) is 24.0 Å². The summed E-state index contributed by atoms with van der Waals surface area (Å²) in [6, 6.07) is 11.4. The Balaban J connectivity index is 1.49. The Kier molecular flexibility index (Phi) is 8.60. The van der Waals surface area contributed by atoms with Gasteiger partial charge in [0.15, 0.2) is 0 Å². The Morgan fingerprint density at radius 1 is 1.05 bits per heavy atom. The summed E-state index contributed by atoms with van der Waals surface area (Å²) in [5.41, 5.74) is 1.53. The van der Waals surface area contributed by atoms with Gasteiger partial charge in [0.25, 0.3) is 11.5 Å². The number of aromatic nitrogens is 3. The fourth-order valence-electron chi connectivity index (χ4n) is 4.67. The molecule has 1 saturated heterocycles. The van der Waals surface area contributed by atoms with Gasteiger partial charge in [-0.2, -0.15) is 8.78 Å². The van der Waals surface area contributed by atoms with Crippen molar-refractivity contribution in [3.8, 4) is 17.0 Å². The number of alkyl halides is 2. The van der Waals surface area contributed by atoms with Gasteiger partial charge in [0.05, 0.1) is 31.1 Å². The van der Waals surface area contributed by atoms with Crippen LogP contribution >= 0.6 is 0 Å². The van der Waals surface area contributed by atoms with Crippen LogP contribution in [0.3, 0.4) is 0 Å². The number of carbonyl (C=O) groups excluding carboxylic acids is 1. The van der Waals surface area contributed by atoms with E-state index in [1.54, 1.807) is 31.3 Å². The normalized spacial score (nSPS) is 14.8. The van der Waals surface area contributed by atoms with E-state index in [-0.39, 0.29) is 17.1 Å². The monoisotopic (exact) mass is 567 g/mol. The van der Waals surface area contributed by atoms with Gasteiger partial charge in [-0.15, -0.1) is 0 Å². The number of hydrogen-bond acceptors (Lipinski definition) is 7. The number of hydrogen-bond donors (Lipinski definition) is 1. The Morgan fingerprint density at radius 3 is 2.49 bits per heavy atom. The molecule has 0 spiro atoms. The zero-order valence-corrected chi connectivity index (χ0v) is 22.2. The maximum atomic E-state index is 13.6. The number of fused-ring (bicyclic) bond motifs is 1. The average Bonchev–Trinajstić information content (AvgIpc) is 2.97. The van der Waals surface area contributed by atoms with Crippen molar-refractivity contribution in [1.29, 1.82) is 0 Å². The number of nitrogens with one attached hydrogen (secondary N) is 1. The highest BCUT2D eigenvalue weighted by Gasteiger charge is 2.20. The molecule has 1 aliphatic rings. The van der Waals surface area contributed by atoms with Crippen LogP contribution in [0, 0.1) is 5.82 Å². The zero-order chi connectivity index (χ0) is 28.9. The fourth-order valence-corrected chi connectivity index (χ4v) is 4.67. The molecule has 0 unspecified atom stereocenters. The SMILES string of the molecule is C[C@H](NC(=O)c1cc2cc(-c3ccc(OC(F)F)cn3)cnc2n(CCN2CCOCC2)c1=O)c1ccc(F)cc1. The van der Waals surface area contributed by atoms with Crippen LogP contribution in [0.25, 0.3) is 22.3 Å². The number of carbonyl (C=O) groups is 1. The molecule has 1 aliphatic heterocycles. The molecule has 4 aromatic rings. The molecule has 0 radical (unpaired) electrons. The van der Waals surface area contributed by atoms with Crippen LogP contribution in [0.15, 0.2) is 65.7 Å². The second-order valence-electron chi connectivity index (χ2n) is 9.61. The highest BCUT2D eigenvalue weighted by atomic mass is 19.3. The number of pyridine rings is 3. The minimum absolute atomic E-state index is 0.0685. The van der Waals surface area contributed by atoms with Crippen molar-refractivity contribution in [3.05, 3.63) is 88.2 Å². The van der Waals surface area contributed by atoms with Gasteiger partial charge in [0.1, 0.15) is 22.8 Å². The van der Waals surface area contributed by atoms with E-state index in [2.05, 4.69) is 24.9 Å². The van der Waals surface area contributed by atoms with Crippen molar-refractivity contribution in [2.24, 2.45) is 0 Å². The maximum Gasteiger partial charge on any atom is 0.387 e. The Bertz CT molecular complexity index is 1570. The van der Waals surface area contributed by atoms with E-state index in [0.29, 0.717) is 54.2 Å². The first-order valence-corrected chi connectivity index (χ1v) is 13.1. The van der Waals surface area contributed by atoms with Gasteiger partial charge in [-0.05, 0) is 48.9 Å². The molecule has 0 saturated carbocycles. The van der Waals surface area contributed by atoms with Crippen molar-refractivity contribution in [1.82, 2.24) is 24.8 Å². The lowest BCUT2D eigenvalue weighted by molar-refractivity contribution is -0.0500. The van der Waals surface area contributed by atoms with Crippen molar-refractivity contribution in [2.75, 3.05) is 32.8 Å². The average molecular weight is 568 g/mol. The Hall–Kier alpha value is -4.29. The van der Waals surface area contributed by atoms with E-state index in [1.807, 2.05) is 0 Å². The van der Waals surface area contributed by atoms with Gasteiger partial charge in [0.2, 0.25) is 0 Å². The van der Waals surface area contributed by atoms with Crippen LogP contribution in [-0.2, 0) is 11.3 Å². The first kappa shape index (κ1) is 28.2. The van der Waals surface area contributed by atoms with E-state index in [9.17, 15) is 22.8 Å². The molecule has 3 aromatic heterocycles. The predicted molar refractivity (Wildman–Crippen MR) is 145 cm³/mol. The molecular formula is C29H28F3N5O4. The first-order valence-electron chi connectivity index (χ1n) is 13.1. The molecule has 1 N–H and O–H groups in total. The number of ether oxygens (including phenoxy) is 2. The van der Waals surface area contributed by atoms with Crippen molar-refractivity contribution in [3.63, 3.8) is 0 Å². The van der Waals surface area contributed by atoms with Crippen LogP contribution in [0.2, 0.25) is 0 Å². The highest BCUT2D eigenvalue weighted by Crippen LogP contribution is 2.24. The molecule has 0 aliphatic carbocycles. The molecule has 5 rings (SSSR count). The van der Waals surface area contributed by atoms with Crippen molar-refractivity contribution in [2.45, 2.75) is 26.1 Å². The second kappa shape index (κ2) is 12.5. The molecular weight excluding hydrogens is 539 g/mol. The highest BCUT2D eigenvalue weighted by molar-refractivity contribution is 5.97. The number of rotatable bonds is 9. The van der Waals surface area contributed by atoms with Gasteiger partial charge < -0.3 is 14.8 Å². The number of nitrogens with zero attached hydrogens (tertiary/aromatic N) is 4. The van der Waals surface area contributed by atoms with Crippen LogP contribution in [-0.4, -0.2) is 64.8 Å². The minimum atomic E-state index is -2.96. The van der Waals surface area contributed by atoms with Gasteiger partial charge in [-0.25, -0.2) is 9.37 Å². The molecule has 41 heavy (non-hydrogen) atoms. The quantitative estimate of drug-likeness (QED) is 0.326. The van der Waals surface area contributed by atoms with E-state index >= 15 is 0 Å². The molecule has 0 bridgehead atoms. The molecule has 1 aromatic carbocycles. The molecule has 12 heteroatoms. The number of morpholine rings is 1. The smallest absolute Gasteiger partial charge is 0.387 e. The third kappa shape index (κ3) is 6.72. The fraction of sp³-hybridized carbons (Fsp3) is 0.310. The van der Waals surface area contributed by atoms with E-state index in [0.717, 1.165) is 13.1 Å². The summed E-state index contributed by atoms with van der Waals surface area (Å²) in [4.78, 5) is 37.9. The Labute approximate surface area is 233 Å². The summed E-state index contributed by atoms with van der Waals surface area (Å²) < 4.78 is 49.7. The van der Waals surface area contributed by atoms with E-state index in [1.165, 1.54) is 41.1 Å². The largest absolute Gasteiger partial charge is 0.433 e. The maximum absolute atomic E-state index is 13.6. The third-order valence-electron chi connectivity index (χ3n) is 6.89. The van der Waals surface area contributed by atoms with Gasteiger partial charge in [-0.1, -0.05) is 12.1 Å². The zero-order valence-electron chi connectivity index (χ0n) is 22.2. The number of halogens is 3. The van der Waals surface area contributed by atoms with Gasteiger partial charge in [0, 0.05) is 43.3 Å².